The number of benzene rings is 1. The summed E-state index contributed by atoms with van der Waals surface area (Å²) in [4.78, 5) is 38.1. The minimum atomic E-state index is -0.682. The SMILES string of the molecule is O=C(Cn1c(=O)n(Cc2ccccc2F)c(=O)c2nscc21)NC[C@@H]1CCCO1. The molecule has 152 valence electrons. The summed E-state index contributed by atoms with van der Waals surface area (Å²) < 4.78 is 25.7. The zero-order valence-electron chi connectivity index (χ0n) is 15.5. The fourth-order valence-electron chi connectivity index (χ4n) is 3.36. The first-order chi connectivity index (χ1) is 14.0. The van der Waals surface area contributed by atoms with E-state index in [1.165, 1.54) is 22.8 Å². The molecule has 2 aromatic heterocycles. The predicted octanol–water partition coefficient (Wildman–Crippen LogP) is 1.10. The summed E-state index contributed by atoms with van der Waals surface area (Å²) in [5.74, 6) is -0.885. The van der Waals surface area contributed by atoms with Crippen molar-refractivity contribution in [3.63, 3.8) is 0 Å². The van der Waals surface area contributed by atoms with Gasteiger partial charge in [0.05, 0.1) is 18.2 Å². The van der Waals surface area contributed by atoms with E-state index in [0.717, 1.165) is 28.9 Å². The van der Waals surface area contributed by atoms with Crippen LogP contribution in [0.5, 0.6) is 0 Å². The number of halogens is 1. The van der Waals surface area contributed by atoms with Crippen molar-refractivity contribution < 1.29 is 13.9 Å². The number of fused-ring (bicyclic) bond motifs is 1. The first kappa shape index (κ1) is 19.5. The second-order valence-corrected chi connectivity index (χ2v) is 7.47. The Kier molecular flexibility index (Phi) is 5.54. The Morgan fingerprint density at radius 1 is 1.31 bits per heavy atom. The van der Waals surface area contributed by atoms with E-state index in [9.17, 15) is 18.8 Å². The van der Waals surface area contributed by atoms with E-state index in [1.54, 1.807) is 11.4 Å². The van der Waals surface area contributed by atoms with Gasteiger partial charge in [0.25, 0.3) is 5.56 Å². The van der Waals surface area contributed by atoms with Gasteiger partial charge in [-0.1, -0.05) is 18.2 Å². The molecule has 0 saturated carbocycles. The Bertz CT molecular complexity index is 1160. The molecule has 0 unspecified atom stereocenters. The van der Waals surface area contributed by atoms with Crippen molar-refractivity contribution in [2.24, 2.45) is 0 Å². The van der Waals surface area contributed by atoms with E-state index >= 15 is 0 Å². The van der Waals surface area contributed by atoms with Gasteiger partial charge in [0, 0.05) is 24.1 Å². The lowest BCUT2D eigenvalue weighted by molar-refractivity contribution is -0.122. The molecule has 4 rings (SSSR count). The Hall–Kier alpha value is -2.85. The van der Waals surface area contributed by atoms with Crippen molar-refractivity contribution in [3.05, 3.63) is 61.9 Å². The largest absolute Gasteiger partial charge is 0.376 e. The third-order valence-electron chi connectivity index (χ3n) is 4.89. The molecule has 1 aliphatic rings. The van der Waals surface area contributed by atoms with Gasteiger partial charge in [-0.2, -0.15) is 4.37 Å². The maximum atomic E-state index is 14.0. The highest BCUT2D eigenvalue weighted by atomic mass is 32.1. The molecule has 0 radical (unpaired) electrons. The van der Waals surface area contributed by atoms with Crippen LogP contribution in [0.3, 0.4) is 0 Å². The lowest BCUT2D eigenvalue weighted by Crippen LogP contribution is -2.43. The van der Waals surface area contributed by atoms with Crippen molar-refractivity contribution in [1.29, 1.82) is 0 Å². The highest BCUT2D eigenvalue weighted by Crippen LogP contribution is 2.12. The van der Waals surface area contributed by atoms with Crippen LogP contribution >= 0.6 is 11.5 Å². The van der Waals surface area contributed by atoms with Crippen LogP contribution in [0.15, 0.2) is 39.2 Å². The van der Waals surface area contributed by atoms with E-state index in [2.05, 4.69) is 9.69 Å². The monoisotopic (exact) mass is 418 g/mol. The van der Waals surface area contributed by atoms with Gasteiger partial charge >= 0.3 is 5.69 Å². The number of carbonyl (C=O) groups is 1. The summed E-state index contributed by atoms with van der Waals surface area (Å²) in [5, 5.41) is 4.32. The number of ether oxygens (including phenoxy) is 1. The number of rotatable bonds is 6. The van der Waals surface area contributed by atoms with Crippen molar-refractivity contribution in [1.82, 2.24) is 18.8 Å². The minimum absolute atomic E-state index is 0.0199. The number of amides is 1. The van der Waals surface area contributed by atoms with E-state index in [-0.39, 0.29) is 36.2 Å². The normalized spacial score (nSPS) is 16.4. The maximum Gasteiger partial charge on any atom is 0.332 e. The van der Waals surface area contributed by atoms with Crippen molar-refractivity contribution >= 4 is 28.5 Å². The Morgan fingerprint density at radius 2 is 2.14 bits per heavy atom. The van der Waals surface area contributed by atoms with Gasteiger partial charge in [0.1, 0.15) is 12.4 Å². The molecule has 1 atom stereocenters. The Balaban J connectivity index is 1.65. The smallest absolute Gasteiger partial charge is 0.332 e. The molecule has 1 saturated heterocycles. The van der Waals surface area contributed by atoms with Crippen molar-refractivity contribution in [3.8, 4) is 0 Å². The second kappa shape index (κ2) is 8.26. The lowest BCUT2D eigenvalue weighted by Gasteiger charge is -2.14. The molecule has 3 aromatic rings. The zero-order valence-corrected chi connectivity index (χ0v) is 16.3. The summed E-state index contributed by atoms with van der Waals surface area (Å²) in [5.41, 5.74) is -0.709. The van der Waals surface area contributed by atoms with Gasteiger partial charge in [-0.3, -0.25) is 18.7 Å². The topological polar surface area (TPSA) is 95.2 Å². The lowest BCUT2D eigenvalue weighted by atomic mass is 10.2. The van der Waals surface area contributed by atoms with Gasteiger partial charge in [-0.15, -0.1) is 0 Å². The average Bonchev–Trinajstić information content (AvgIpc) is 3.40. The number of nitrogens with one attached hydrogen (secondary N) is 1. The summed E-state index contributed by atoms with van der Waals surface area (Å²) in [6, 6.07) is 5.92. The van der Waals surface area contributed by atoms with E-state index in [0.29, 0.717) is 18.7 Å². The third-order valence-corrected chi connectivity index (χ3v) is 5.51. The molecule has 29 heavy (non-hydrogen) atoms. The molecule has 1 aliphatic heterocycles. The molecule has 0 spiro atoms. The van der Waals surface area contributed by atoms with Crippen LogP contribution in [0.25, 0.3) is 11.0 Å². The first-order valence-electron chi connectivity index (χ1n) is 9.24. The molecule has 0 bridgehead atoms. The van der Waals surface area contributed by atoms with Crippen molar-refractivity contribution in [2.75, 3.05) is 13.2 Å². The summed E-state index contributed by atoms with van der Waals surface area (Å²) in [7, 11) is 0. The fraction of sp³-hybridized carbons (Fsp3) is 0.368. The molecule has 0 aliphatic carbocycles. The standard InChI is InChI=1S/C19H19FN4O4S/c20-14-6-2-1-4-12(14)9-24-18(26)17-15(11-29-22-17)23(19(24)27)10-16(25)21-8-13-5-3-7-28-13/h1-2,4,6,11,13H,3,5,7-10H2,(H,21,25)/t13-/m0/s1. The minimum Gasteiger partial charge on any atom is -0.376 e. The number of aromatic nitrogens is 3. The number of nitrogens with zero attached hydrogens (tertiary/aromatic N) is 3. The Labute approximate surface area is 168 Å². The van der Waals surface area contributed by atoms with Crippen LogP contribution < -0.4 is 16.6 Å². The van der Waals surface area contributed by atoms with Gasteiger partial charge in [-0.25, -0.2) is 9.18 Å². The first-order valence-corrected chi connectivity index (χ1v) is 10.1. The summed E-state index contributed by atoms with van der Waals surface area (Å²) >= 11 is 1.02. The molecule has 1 amide bonds. The molecule has 10 heteroatoms. The van der Waals surface area contributed by atoms with E-state index in [4.69, 9.17) is 4.74 Å². The average molecular weight is 418 g/mol. The Morgan fingerprint density at radius 3 is 2.90 bits per heavy atom. The van der Waals surface area contributed by atoms with Crippen LogP contribution in [0, 0.1) is 5.82 Å². The van der Waals surface area contributed by atoms with Crippen LogP contribution in [0.4, 0.5) is 4.39 Å². The fourth-order valence-corrected chi connectivity index (χ4v) is 4.03. The van der Waals surface area contributed by atoms with Gasteiger partial charge < -0.3 is 10.1 Å². The van der Waals surface area contributed by atoms with Gasteiger partial charge in [-0.05, 0) is 30.4 Å². The third kappa shape index (κ3) is 3.99. The molecule has 1 fully saturated rings. The maximum absolute atomic E-state index is 14.0. The van der Waals surface area contributed by atoms with Crippen LogP contribution in [0.1, 0.15) is 18.4 Å². The quantitative estimate of drug-likeness (QED) is 0.647. The predicted molar refractivity (Wildman–Crippen MR) is 106 cm³/mol. The number of hydrogen-bond donors (Lipinski definition) is 1. The molecule has 3 heterocycles. The van der Waals surface area contributed by atoms with Crippen LogP contribution in [-0.4, -0.2) is 38.7 Å². The molecular formula is C19H19FN4O4S. The summed E-state index contributed by atoms with van der Waals surface area (Å²) in [6.45, 7) is 0.545. The van der Waals surface area contributed by atoms with Crippen molar-refractivity contribution in [2.45, 2.75) is 32.0 Å². The summed E-state index contributed by atoms with van der Waals surface area (Å²) in [6.07, 6.45) is 1.82. The van der Waals surface area contributed by atoms with Gasteiger partial charge in [0.15, 0.2) is 5.52 Å². The molecule has 1 aromatic carbocycles. The highest BCUT2D eigenvalue weighted by Gasteiger charge is 2.20. The number of carbonyl (C=O) groups excluding carboxylic acids is 1. The second-order valence-electron chi connectivity index (χ2n) is 6.84. The molecular weight excluding hydrogens is 399 g/mol. The molecule has 8 nitrogen and oxygen atoms in total. The van der Waals surface area contributed by atoms with E-state index in [1.807, 2.05) is 0 Å². The number of hydrogen-bond acceptors (Lipinski definition) is 6. The van der Waals surface area contributed by atoms with Crippen LogP contribution in [0.2, 0.25) is 0 Å². The van der Waals surface area contributed by atoms with Gasteiger partial charge in [0.2, 0.25) is 5.91 Å². The highest BCUT2D eigenvalue weighted by molar-refractivity contribution is 7.04. The molecule has 1 N–H and O–H groups in total. The van der Waals surface area contributed by atoms with Crippen LogP contribution in [-0.2, 0) is 22.6 Å². The zero-order chi connectivity index (χ0) is 20.4. The van der Waals surface area contributed by atoms with E-state index < -0.39 is 17.1 Å².